The molecule has 0 bridgehead atoms. The third-order valence-corrected chi connectivity index (χ3v) is 5.63. The summed E-state index contributed by atoms with van der Waals surface area (Å²) < 4.78 is 26.2. The van der Waals surface area contributed by atoms with E-state index in [9.17, 15) is 13.2 Å². The number of hydrogen-bond acceptors (Lipinski definition) is 3. The normalized spacial score (nSPS) is 21.7. The van der Waals surface area contributed by atoms with Gasteiger partial charge < -0.3 is 5.32 Å². The highest BCUT2D eigenvalue weighted by Crippen LogP contribution is 2.24. The number of anilines is 1. The molecule has 0 saturated heterocycles. The van der Waals surface area contributed by atoms with Gasteiger partial charge in [0.25, 0.3) is 5.91 Å². The van der Waals surface area contributed by atoms with Crippen LogP contribution in [-0.4, -0.2) is 26.1 Å². The minimum absolute atomic E-state index is 0.0728. The maximum absolute atomic E-state index is 12.4. The van der Waals surface area contributed by atoms with Gasteiger partial charge >= 0.3 is 0 Å². The smallest absolute Gasteiger partial charge is 0.251 e. The van der Waals surface area contributed by atoms with Crippen LogP contribution in [0.5, 0.6) is 0 Å². The van der Waals surface area contributed by atoms with Crippen molar-refractivity contribution >= 4 is 21.6 Å². The van der Waals surface area contributed by atoms with Gasteiger partial charge in [0.05, 0.1) is 5.75 Å². The van der Waals surface area contributed by atoms with Gasteiger partial charge in [-0.15, -0.1) is 0 Å². The van der Waals surface area contributed by atoms with Gasteiger partial charge in [-0.3, -0.25) is 9.52 Å². The molecule has 0 radical (unpaired) electrons. The molecule has 0 aromatic heterocycles. The van der Waals surface area contributed by atoms with Gasteiger partial charge in [-0.25, -0.2) is 8.42 Å². The van der Waals surface area contributed by atoms with Crippen LogP contribution < -0.4 is 10.0 Å². The average molecular weight is 338 g/mol. The zero-order valence-electron chi connectivity index (χ0n) is 13.8. The molecule has 2 unspecified atom stereocenters. The summed E-state index contributed by atoms with van der Waals surface area (Å²) in [7, 11) is -3.34. The number of carbonyl (C=O) groups excluding carboxylic acids is 1. The molecule has 0 aliphatic heterocycles. The summed E-state index contributed by atoms with van der Waals surface area (Å²) in [5.41, 5.74) is 0.919. The van der Waals surface area contributed by atoms with Crippen LogP contribution in [0.1, 0.15) is 56.3 Å². The molecule has 1 aliphatic carbocycles. The standard InChI is InChI=1S/C17H26N2O3S/c1-3-10-23(21,22)19-16-9-5-7-14(12-16)17(20)18-15-8-4-6-13(2)11-15/h5,7,9,12-13,15,19H,3-4,6,8,10-11H2,1-2H3,(H,18,20). The van der Waals surface area contributed by atoms with Gasteiger partial charge in [0.2, 0.25) is 10.0 Å². The van der Waals surface area contributed by atoms with Crippen LogP contribution in [0.25, 0.3) is 0 Å². The van der Waals surface area contributed by atoms with Crippen molar-refractivity contribution in [3.05, 3.63) is 29.8 Å². The predicted octanol–water partition coefficient (Wildman–Crippen LogP) is 3.15. The van der Waals surface area contributed by atoms with Crippen LogP contribution in [-0.2, 0) is 10.0 Å². The second kappa shape index (κ2) is 7.81. The van der Waals surface area contributed by atoms with Crippen LogP contribution in [0, 0.1) is 5.92 Å². The number of hydrogen-bond donors (Lipinski definition) is 2. The Kier molecular flexibility index (Phi) is 6.04. The first kappa shape index (κ1) is 17.8. The van der Waals surface area contributed by atoms with E-state index in [0.717, 1.165) is 19.3 Å². The maximum Gasteiger partial charge on any atom is 0.251 e. The fraction of sp³-hybridized carbons (Fsp3) is 0.588. The Labute approximate surface area is 138 Å². The summed E-state index contributed by atoms with van der Waals surface area (Å²) in [6.07, 6.45) is 4.94. The Hall–Kier alpha value is -1.56. The summed E-state index contributed by atoms with van der Waals surface area (Å²) in [5.74, 6) is 0.575. The van der Waals surface area contributed by atoms with Crippen LogP contribution in [0.2, 0.25) is 0 Å². The van der Waals surface area contributed by atoms with Gasteiger partial charge in [0.15, 0.2) is 0 Å². The van der Waals surface area contributed by atoms with E-state index in [1.165, 1.54) is 6.42 Å². The molecule has 0 heterocycles. The van der Waals surface area contributed by atoms with Crippen molar-refractivity contribution < 1.29 is 13.2 Å². The molecule has 23 heavy (non-hydrogen) atoms. The van der Waals surface area contributed by atoms with Crippen molar-refractivity contribution in [3.8, 4) is 0 Å². The van der Waals surface area contributed by atoms with E-state index in [4.69, 9.17) is 0 Å². The molecule has 2 atom stereocenters. The van der Waals surface area contributed by atoms with Crippen molar-refractivity contribution in [2.75, 3.05) is 10.5 Å². The molecule has 1 amide bonds. The van der Waals surface area contributed by atoms with Gasteiger partial charge in [0.1, 0.15) is 0 Å². The lowest BCUT2D eigenvalue weighted by molar-refractivity contribution is 0.0921. The lowest BCUT2D eigenvalue weighted by Gasteiger charge is -2.27. The molecule has 2 N–H and O–H groups in total. The van der Waals surface area contributed by atoms with Gasteiger partial charge in [-0.1, -0.05) is 32.8 Å². The molecule has 2 rings (SSSR count). The lowest BCUT2D eigenvalue weighted by atomic mass is 9.87. The fourth-order valence-corrected chi connectivity index (χ4v) is 4.18. The van der Waals surface area contributed by atoms with E-state index < -0.39 is 10.0 Å². The van der Waals surface area contributed by atoms with Crippen molar-refractivity contribution in [2.24, 2.45) is 5.92 Å². The van der Waals surface area contributed by atoms with E-state index in [0.29, 0.717) is 23.6 Å². The number of sulfonamides is 1. The van der Waals surface area contributed by atoms with Gasteiger partial charge in [-0.05, 0) is 43.4 Å². The summed E-state index contributed by atoms with van der Waals surface area (Å²) >= 11 is 0. The number of rotatable bonds is 6. The van der Waals surface area contributed by atoms with E-state index in [1.807, 2.05) is 6.92 Å². The first-order valence-corrected chi connectivity index (χ1v) is 9.96. The quantitative estimate of drug-likeness (QED) is 0.836. The number of carbonyl (C=O) groups is 1. The minimum Gasteiger partial charge on any atom is -0.349 e. The van der Waals surface area contributed by atoms with Crippen LogP contribution in [0.3, 0.4) is 0 Å². The van der Waals surface area contributed by atoms with Gasteiger partial charge in [-0.2, -0.15) is 0 Å². The minimum atomic E-state index is -3.34. The molecule has 0 spiro atoms. The highest BCUT2D eigenvalue weighted by atomic mass is 32.2. The lowest BCUT2D eigenvalue weighted by Crippen LogP contribution is -2.38. The Morgan fingerprint density at radius 2 is 2.09 bits per heavy atom. The molecule has 1 saturated carbocycles. The number of benzene rings is 1. The van der Waals surface area contributed by atoms with Crippen LogP contribution >= 0.6 is 0 Å². The van der Waals surface area contributed by atoms with Crippen molar-refractivity contribution in [2.45, 2.75) is 52.0 Å². The van der Waals surface area contributed by atoms with E-state index in [2.05, 4.69) is 17.0 Å². The molecular weight excluding hydrogens is 312 g/mol. The second-order valence-corrected chi connectivity index (χ2v) is 8.29. The summed E-state index contributed by atoms with van der Waals surface area (Å²) in [6.45, 7) is 4.02. The molecule has 1 aromatic rings. The maximum atomic E-state index is 12.4. The highest BCUT2D eigenvalue weighted by Gasteiger charge is 2.21. The molecule has 1 aliphatic rings. The first-order chi connectivity index (χ1) is 10.9. The number of nitrogens with one attached hydrogen (secondary N) is 2. The largest absolute Gasteiger partial charge is 0.349 e. The second-order valence-electron chi connectivity index (χ2n) is 6.44. The Bertz CT molecular complexity index is 643. The first-order valence-electron chi connectivity index (χ1n) is 8.31. The molecular formula is C17H26N2O3S. The van der Waals surface area contributed by atoms with E-state index in [1.54, 1.807) is 24.3 Å². The SMILES string of the molecule is CCCS(=O)(=O)Nc1cccc(C(=O)NC2CCCC(C)C2)c1. The third kappa shape index (κ3) is 5.53. The summed E-state index contributed by atoms with van der Waals surface area (Å²) in [6, 6.07) is 6.87. The molecule has 1 fully saturated rings. The zero-order chi connectivity index (χ0) is 16.9. The van der Waals surface area contributed by atoms with Crippen LogP contribution in [0.15, 0.2) is 24.3 Å². The molecule has 6 heteroatoms. The Morgan fingerprint density at radius 3 is 2.78 bits per heavy atom. The summed E-state index contributed by atoms with van der Waals surface area (Å²) in [4.78, 5) is 12.4. The van der Waals surface area contributed by atoms with Gasteiger partial charge in [0, 0.05) is 17.3 Å². The predicted molar refractivity (Wildman–Crippen MR) is 93.0 cm³/mol. The fourth-order valence-electron chi connectivity index (χ4n) is 3.06. The molecule has 1 aromatic carbocycles. The van der Waals surface area contributed by atoms with Crippen molar-refractivity contribution in [1.82, 2.24) is 5.32 Å². The van der Waals surface area contributed by atoms with E-state index >= 15 is 0 Å². The third-order valence-electron chi connectivity index (χ3n) is 4.14. The van der Waals surface area contributed by atoms with Crippen molar-refractivity contribution in [1.29, 1.82) is 0 Å². The highest BCUT2D eigenvalue weighted by molar-refractivity contribution is 7.92. The van der Waals surface area contributed by atoms with E-state index in [-0.39, 0.29) is 17.7 Å². The monoisotopic (exact) mass is 338 g/mol. The molecule has 128 valence electrons. The Balaban J connectivity index is 2.02. The Morgan fingerprint density at radius 1 is 1.30 bits per heavy atom. The topological polar surface area (TPSA) is 75.3 Å². The zero-order valence-corrected chi connectivity index (χ0v) is 14.7. The summed E-state index contributed by atoms with van der Waals surface area (Å²) in [5, 5.41) is 3.06. The number of amides is 1. The average Bonchev–Trinajstić information content (AvgIpc) is 2.47. The molecule has 5 nitrogen and oxygen atoms in total. The van der Waals surface area contributed by atoms with Crippen molar-refractivity contribution in [3.63, 3.8) is 0 Å². The van der Waals surface area contributed by atoms with Crippen LogP contribution in [0.4, 0.5) is 5.69 Å².